The van der Waals surface area contributed by atoms with Gasteiger partial charge in [-0.1, -0.05) is 20.8 Å². The number of ether oxygens (including phenoxy) is 1. The number of carbonyl (C=O) groups excluding carboxylic acids is 1. The Labute approximate surface area is 116 Å². The van der Waals surface area contributed by atoms with Crippen LogP contribution in [0.25, 0.3) is 0 Å². The van der Waals surface area contributed by atoms with Gasteiger partial charge < -0.3 is 15.8 Å². The van der Waals surface area contributed by atoms with Crippen molar-refractivity contribution in [3.05, 3.63) is 0 Å². The van der Waals surface area contributed by atoms with E-state index in [2.05, 4.69) is 19.2 Å². The number of carbonyl (C=O) groups is 1. The number of halogens is 1. The Kier molecular flexibility index (Phi) is 7.18. The third kappa shape index (κ3) is 2.98. The van der Waals surface area contributed by atoms with E-state index in [1.54, 1.807) is 7.11 Å². The first-order chi connectivity index (χ1) is 8.05. The molecule has 0 bridgehead atoms. The van der Waals surface area contributed by atoms with Gasteiger partial charge in [0.25, 0.3) is 0 Å². The Hall–Kier alpha value is -0.320. The van der Waals surface area contributed by atoms with E-state index < -0.39 is 0 Å². The summed E-state index contributed by atoms with van der Waals surface area (Å²) in [5.74, 6) is -0.0404. The SMILES string of the molecule is CCC1(CC)C(NC(=O)C(C)CN)CC1OC.Cl. The molecule has 0 spiro atoms. The van der Waals surface area contributed by atoms with Crippen LogP contribution in [0.15, 0.2) is 0 Å². The molecular formula is C13H27ClN2O2. The van der Waals surface area contributed by atoms with Crippen molar-refractivity contribution in [2.45, 2.75) is 52.2 Å². The van der Waals surface area contributed by atoms with Gasteiger partial charge in [0.15, 0.2) is 0 Å². The van der Waals surface area contributed by atoms with Gasteiger partial charge in [-0.05, 0) is 19.3 Å². The Bertz CT molecular complexity index is 270. The van der Waals surface area contributed by atoms with Crippen LogP contribution in [-0.4, -0.2) is 31.7 Å². The summed E-state index contributed by atoms with van der Waals surface area (Å²) in [4.78, 5) is 11.9. The number of nitrogens with one attached hydrogen (secondary N) is 1. The van der Waals surface area contributed by atoms with E-state index in [0.29, 0.717) is 6.54 Å². The van der Waals surface area contributed by atoms with Crippen LogP contribution in [0.1, 0.15) is 40.0 Å². The van der Waals surface area contributed by atoms with Gasteiger partial charge in [-0.25, -0.2) is 0 Å². The molecule has 0 heterocycles. The monoisotopic (exact) mass is 278 g/mol. The summed E-state index contributed by atoms with van der Waals surface area (Å²) in [6.07, 6.45) is 3.26. The van der Waals surface area contributed by atoms with Gasteiger partial charge in [0.1, 0.15) is 0 Å². The predicted molar refractivity (Wildman–Crippen MR) is 75.8 cm³/mol. The minimum atomic E-state index is -0.108. The smallest absolute Gasteiger partial charge is 0.224 e. The lowest BCUT2D eigenvalue weighted by Crippen LogP contribution is -2.64. The highest BCUT2D eigenvalue weighted by Crippen LogP contribution is 2.48. The molecule has 0 saturated heterocycles. The Morgan fingerprint density at radius 2 is 2.06 bits per heavy atom. The Balaban J connectivity index is 0.00000289. The van der Waals surface area contributed by atoms with E-state index in [4.69, 9.17) is 10.5 Å². The molecule has 1 aliphatic rings. The van der Waals surface area contributed by atoms with Crippen LogP contribution in [0.4, 0.5) is 0 Å². The number of hydrogen-bond acceptors (Lipinski definition) is 3. The fourth-order valence-corrected chi connectivity index (χ4v) is 2.90. The van der Waals surface area contributed by atoms with Gasteiger partial charge in [-0.15, -0.1) is 12.4 Å². The third-order valence-corrected chi connectivity index (χ3v) is 4.50. The number of methoxy groups -OCH3 is 1. The standard InChI is InChI=1S/C13H26N2O2.ClH/c1-5-13(6-2)10(7-11(13)17-4)15-12(16)9(3)8-14;/h9-11H,5-8,14H2,1-4H3,(H,15,16);1H. The number of hydrogen-bond donors (Lipinski definition) is 2. The summed E-state index contributed by atoms with van der Waals surface area (Å²) >= 11 is 0. The van der Waals surface area contributed by atoms with E-state index >= 15 is 0 Å². The lowest BCUT2D eigenvalue weighted by Gasteiger charge is -2.55. The summed E-state index contributed by atoms with van der Waals surface area (Å²) in [6, 6.07) is 0.240. The summed E-state index contributed by atoms with van der Waals surface area (Å²) in [7, 11) is 1.76. The average Bonchev–Trinajstić information content (AvgIpc) is 2.34. The molecule has 18 heavy (non-hydrogen) atoms. The largest absolute Gasteiger partial charge is 0.381 e. The van der Waals surface area contributed by atoms with Crippen molar-refractivity contribution in [2.75, 3.05) is 13.7 Å². The van der Waals surface area contributed by atoms with Crippen molar-refractivity contribution in [1.82, 2.24) is 5.32 Å². The second-order valence-corrected chi connectivity index (χ2v) is 5.10. The molecule has 3 N–H and O–H groups in total. The first-order valence-electron chi connectivity index (χ1n) is 6.58. The van der Waals surface area contributed by atoms with Crippen LogP contribution in [0.5, 0.6) is 0 Å². The molecular weight excluding hydrogens is 252 g/mol. The number of rotatable bonds is 6. The molecule has 0 aromatic carbocycles. The highest BCUT2D eigenvalue weighted by molar-refractivity contribution is 5.85. The first kappa shape index (κ1) is 17.7. The molecule has 0 radical (unpaired) electrons. The van der Waals surface area contributed by atoms with Crippen LogP contribution in [0, 0.1) is 11.3 Å². The molecule has 0 aliphatic heterocycles. The minimum absolute atomic E-state index is 0. The van der Waals surface area contributed by atoms with Gasteiger partial charge in [-0.3, -0.25) is 4.79 Å². The van der Waals surface area contributed by atoms with E-state index in [-0.39, 0.29) is 41.8 Å². The molecule has 0 aromatic rings. The second kappa shape index (κ2) is 7.31. The molecule has 1 fully saturated rings. The van der Waals surface area contributed by atoms with Gasteiger partial charge in [0.2, 0.25) is 5.91 Å². The zero-order valence-corrected chi connectivity index (χ0v) is 12.7. The van der Waals surface area contributed by atoms with Crippen molar-refractivity contribution < 1.29 is 9.53 Å². The lowest BCUT2D eigenvalue weighted by molar-refractivity contribution is -0.143. The van der Waals surface area contributed by atoms with E-state index in [9.17, 15) is 4.79 Å². The van der Waals surface area contributed by atoms with Crippen molar-refractivity contribution in [3.63, 3.8) is 0 Å². The molecule has 4 nitrogen and oxygen atoms in total. The van der Waals surface area contributed by atoms with E-state index in [1.165, 1.54) is 0 Å². The molecule has 0 aromatic heterocycles. The Morgan fingerprint density at radius 1 is 1.50 bits per heavy atom. The average molecular weight is 279 g/mol. The maximum atomic E-state index is 11.9. The zero-order chi connectivity index (χ0) is 13.1. The van der Waals surface area contributed by atoms with E-state index in [0.717, 1.165) is 19.3 Å². The van der Waals surface area contributed by atoms with Gasteiger partial charge in [0.05, 0.1) is 6.10 Å². The lowest BCUT2D eigenvalue weighted by atomic mass is 9.58. The van der Waals surface area contributed by atoms with Gasteiger partial charge >= 0.3 is 0 Å². The first-order valence-corrected chi connectivity index (χ1v) is 6.58. The van der Waals surface area contributed by atoms with Crippen molar-refractivity contribution in [1.29, 1.82) is 0 Å². The summed E-state index contributed by atoms with van der Waals surface area (Å²) in [6.45, 7) is 6.60. The van der Waals surface area contributed by atoms with Crippen molar-refractivity contribution >= 4 is 18.3 Å². The van der Waals surface area contributed by atoms with Crippen molar-refractivity contribution in [2.24, 2.45) is 17.1 Å². The fraction of sp³-hybridized carbons (Fsp3) is 0.923. The zero-order valence-electron chi connectivity index (χ0n) is 11.9. The Morgan fingerprint density at radius 3 is 2.44 bits per heavy atom. The quantitative estimate of drug-likeness (QED) is 0.777. The van der Waals surface area contributed by atoms with Gasteiger partial charge in [0, 0.05) is 31.0 Å². The summed E-state index contributed by atoms with van der Waals surface area (Å²) in [5.41, 5.74) is 5.62. The van der Waals surface area contributed by atoms with Crippen LogP contribution < -0.4 is 11.1 Å². The maximum Gasteiger partial charge on any atom is 0.224 e. The fourth-order valence-electron chi connectivity index (χ4n) is 2.90. The molecule has 5 heteroatoms. The van der Waals surface area contributed by atoms with Crippen molar-refractivity contribution in [3.8, 4) is 0 Å². The number of amides is 1. The van der Waals surface area contributed by atoms with Crippen LogP contribution >= 0.6 is 12.4 Å². The van der Waals surface area contributed by atoms with Crippen LogP contribution in [-0.2, 0) is 9.53 Å². The highest BCUT2D eigenvalue weighted by atomic mass is 35.5. The van der Waals surface area contributed by atoms with E-state index in [1.807, 2.05) is 6.92 Å². The van der Waals surface area contributed by atoms with Crippen LogP contribution in [0.2, 0.25) is 0 Å². The summed E-state index contributed by atoms with van der Waals surface area (Å²) in [5, 5.41) is 3.13. The molecule has 1 saturated carbocycles. The van der Waals surface area contributed by atoms with Gasteiger partial charge in [-0.2, -0.15) is 0 Å². The minimum Gasteiger partial charge on any atom is -0.381 e. The predicted octanol–water partition coefficient (Wildman–Crippen LogP) is 1.71. The highest BCUT2D eigenvalue weighted by Gasteiger charge is 2.53. The molecule has 3 unspecified atom stereocenters. The number of nitrogens with two attached hydrogens (primary N) is 1. The molecule has 3 atom stereocenters. The summed E-state index contributed by atoms with van der Waals surface area (Å²) < 4.78 is 5.51. The van der Waals surface area contributed by atoms with Crippen LogP contribution in [0.3, 0.4) is 0 Å². The molecule has 1 amide bonds. The normalized spacial score (nSPS) is 26.7. The second-order valence-electron chi connectivity index (χ2n) is 5.10. The molecule has 108 valence electrons. The molecule has 1 rings (SSSR count). The topological polar surface area (TPSA) is 64.4 Å². The maximum absolute atomic E-state index is 11.9. The third-order valence-electron chi connectivity index (χ3n) is 4.50. The molecule has 1 aliphatic carbocycles.